The third-order valence-electron chi connectivity index (χ3n) is 3.71. The molecule has 0 spiro atoms. The number of halogens is 1. The molecule has 6 heteroatoms. The summed E-state index contributed by atoms with van der Waals surface area (Å²) in [5.41, 5.74) is 5.66. The van der Waals surface area contributed by atoms with E-state index >= 15 is 0 Å². The van der Waals surface area contributed by atoms with E-state index in [9.17, 15) is 12.8 Å². The monoisotopic (exact) mass is 300 g/mol. The second-order valence-electron chi connectivity index (χ2n) is 5.73. The number of benzene rings is 1. The van der Waals surface area contributed by atoms with E-state index < -0.39 is 15.8 Å². The number of hydrogen-bond acceptors (Lipinski definition) is 3. The first-order valence-electron chi connectivity index (χ1n) is 6.83. The standard InChI is InChI=1S/C14H21FN2O2S/c1-10-5-11(2)9-17(8-10)20(18,19)13-3-4-14(15)12(6-13)7-16/h3-4,6,10-11H,5,7-9,16H2,1-2H3. The summed E-state index contributed by atoms with van der Waals surface area (Å²) in [5.74, 6) is 0.206. The Kier molecular flexibility index (Phi) is 4.46. The fraction of sp³-hybridized carbons (Fsp3) is 0.571. The van der Waals surface area contributed by atoms with Crippen molar-refractivity contribution in [1.29, 1.82) is 0 Å². The molecule has 1 saturated heterocycles. The first-order valence-corrected chi connectivity index (χ1v) is 8.27. The highest BCUT2D eigenvalue weighted by Gasteiger charge is 2.31. The molecule has 2 rings (SSSR count). The minimum Gasteiger partial charge on any atom is -0.326 e. The number of nitrogens with two attached hydrogens (primary N) is 1. The van der Waals surface area contributed by atoms with Gasteiger partial charge in [-0.25, -0.2) is 12.8 Å². The third-order valence-corrected chi connectivity index (χ3v) is 5.54. The van der Waals surface area contributed by atoms with E-state index in [-0.39, 0.29) is 17.0 Å². The van der Waals surface area contributed by atoms with Gasteiger partial charge in [-0.2, -0.15) is 4.31 Å². The van der Waals surface area contributed by atoms with Crippen molar-refractivity contribution in [2.24, 2.45) is 17.6 Å². The van der Waals surface area contributed by atoms with Gasteiger partial charge in [0.05, 0.1) is 4.90 Å². The molecule has 1 heterocycles. The third kappa shape index (κ3) is 3.02. The predicted octanol–water partition coefficient (Wildman–Crippen LogP) is 1.95. The van der Waals surface area contributed by atoms with E-state index in [4.69, 9.17) is 5.73 Å². The summed E-state index contributed by atoms with van der Waals surface area (Å²) in [7, 11) is -3.57. The predicted molar refractivity (Wildman–Crippen MR) is 76.0 cm³/mol. The van der Waals surface area contributed by atoms with Crippen LogP contribution in [0.25, 0.3) is 0 Å². The van der Waals surface area contributed by atoms with Gasteiger partial charge in [0, 0.05) is 25.2 Å². The Morgan fingerprint density at radius 2 is 1.90 bits per heavy atom. The highest BCUT2D eigenvalue weighted by molar-refractivity contribution is 7.89. The molecule has 0 radical (unpaired) electrons. The molecule has 1 aliphatic rings. The van der Waals surface area contributed by atoms with Crippen molar-refractivity contribution in [3.63, 3.8) is 0 Å². The van der Waals surface area contributed by atoms with Gasteiger partial charge in [0.25, 0.3) is 0 Å². The average molecular weight is 300 g/mol. The van der Waals surface area contributed by atoms with Crippen LogP contribution in [0.3, 0.4) is 0 Å². The van der Waals surface area contributed by atoms with Gasteiger partial charge in [0.15, 0.2) is 0 Å². The molecule has 2 N–H and O–H groups in total. The zero-order chi connectivity index (χ0) is 14.9. The Morgan fingerprint density at radius 1 is 1.30 bits per heavy atom. The maximum absolute atomic E-state index is 13.4. The zero-order valence-electron chi connectivity index (χ0n) is 11.8. The van der Waals surface area contributed by atoms with E-state index in [0.29, 0.717) is 24.9 Å². The SMILES string of the molecule is CC1CC(C)CN(S(=O)(=O)c2ccc(F)c(CN)c2)C1. The minimum absolute atomic E-state index is 0.0119. The molecule has 0 saturated carbocycles. The van der Waals surface area contributed by atoms with Gasteiger partial charge in [-0.15, -0.1) is 0 Å². The Bertz CT molecular complexity index is 579. The van der Waals surface area contributed by atoms with Crippen molar-refractivity contribution in [3.8, 4) is 0 Å². The first kappa shape index (κ1) is 15.4. The molecule has 20 heavy (non-hydrogen) atoms. The van der Waals surface area contributed by atoms with Crippen molar-refractivity contribution in [1.82, 2.24) is 4.31 Å². The minimum atomic E-state index is -3.57. The van der Waals surface area contributed by atoms with Crippen LogP contribution in [0.2, 0.25) is 0 Å². The van der Waals surface area contributed by atoms with Gasteiger partial charge < -0.3 is 5.73 Å². The maximum atomic E-state index is 13.4. The molecule has 2 atom stereocenters. The lowest BCUT2D eigenvalue weighted by atomic mass is 9.94. The normalized spacial score (nSPS) is 24.8. The van der Waals surface area contributed by atoms with Crippen LogP contribution in [0.1, 0.15) is 25.8 Å². The molecule has 1 aliphatic heterocycles. The second-order valence-corrected chi connectivity index (χ2v) is 7.66. The molecule has 0 aliphatic carbocycles. The van der Waals surface area contributed by atoms with E-state index in [1.54, 1.807) is 0 Å². The Morgan fingerprint density at radius 3 is 2.45 bits per heavy atom. The van der Waals surface area contributed by atoms with E-state index in [0.717, 1.165) is 6.42 Å². The van der Waals surface area contributed by atoms with Crippen molar-refractivity contribution in [3.05, 3.63) is 29.6 Å². The zero-order valence-corrected chi connectivity index (χ0v) is 12.7. The van der Waals surface area contributed by atoms with Crippen LogP contribution in [0.15, 0.2) is 23.1 Å². The molecule has 1 aromatic carbocycles. The second kappa shape index (κ2) is 5.79. The Hall–Kier alpha value is -0.980. The summed E-state index contributed by atoms with van der Waals surface area (Å²) in [6.07, 6.45) is 1.03. The van der Waals surface area contributed by atoms with Crippen molar-refractivity contribution >= 4 is 10.0 Å². The molecule has 112 valence electrons. The topological polar surface area (TPSA) is 63.4 Å². The highest BCUT2D eigenvalue weighted by Crippen LogP contribution is 2.27. The lowest BCUT2D eigenvalue weighted by Gasteiger charge is -2.34. The van der Waals surface area contributed by atoms with Crippen LogP contribution < -0.4 is 5.73 Å². The smallest absolute Gasteiger partial charge is 0.243 e. The molecule has 2 unspecified atom stereocenters. The van der Waals surface area contributed by atoms with Crippen LogP contribution >= 0.6 is 0 Å². The Labute approximate surface area is 119 Å². The molecular weight excluding hydrogens is 279 g/mol. The summed E-state index contributed by atoms with van der Waals surface area (Å²) >= 11 is 0. The number of nitrogens with zero attached hydrogens (tertiary/aromatic N) is 1. The number of sulfonamides is 1. The van der Waals surface area contributed by atoms with Crippen LogP contribution in [-0.2, 0) is 16.6 Å². The number of rotatable bonds is 3. The summed E-state index contributed by atoms with van der Waals surface area (Å²) in [5, 5.41) is 0. The van der Waals surface area contributed by atoms with Gasteiger partial charge in [-0.3, -0.25) is 0 Å². The van der Waals surface area contributed by atoms with Crippen LogP contribution in [0.5, 0.6) is 0 Å². The van der Waals surface area contributed by atoms with Gasteiger partial charge in [-0.05, 0) is 36.5 Å². The fourth-order valence-corrected chi connectivity index (χ4v) is 4.55. The molecule has 1 aromatic rings. The summed E-state index contributed by atoms with van der Waals surface area (Å²) in [4.78, 5) is 0.126. The first-order chi connectivity index (χ1) is 9.34. The highest BCUT2D eigenvalue weighted by atomic mass is 32.2. The summed E-state index contributed by atoms with van der Waals surface area (Å²) in [6.45, 7) is 5.12. The van der Waals surface area contributed by atoms with Gasteiger partial charge >= 0.3 is 0 Å². The van der Waals surface area contributed by atoms with Crippen LogP contribution in [0.4, 0.5) is 4.39 Å². The van der Waals surface area contributed by atoms with Gasteiger partial charge in [-0.1, -0.05) is 13.8 Å². The summed E-state index contributed by atoms with van der Waals surface area (Å²) in [6, 6.07) is 3.83. The van der Waals surface area contributed by atoms with E-state index in [1.807, 2.05) is 13.8 Å². The van der Waals surface area contributed by atoms with Crippen LogP contribution in [0, 0.1) is 17.7 Å². The van der Waals surface area contributed by atoms with Crippen LogP contribution in [-0.4, -0.2) is 25.8 Å². The van der Waals surface area contributed by atoms with E-state index in [2.05, 4.69) is 0 Å². The van der Waals surface area contributed by atoms with Gasteiger partial charge in [0.1, 0.15) is 5.82 Å². The molecule has 1 fully saturated rings. The molecular formula is C14H21FN2O2S. The van der Waals surface area contributed by atoms with E-state index in [1.165, 1.54) is 22.5 Å². The summed E-state index contributed by atoms with van der Waals surface area (Å²) < 4.78 is 40.2. The molecule has 0 amide bonds. The number of piperidine rings is 1. The van der Waals surface area contributed by atoms with Crippen molar-refractivity contribution < 1.29 is 12.8 Å². The largest absolute Gasteiger partial charge is 0.326 e. The number of hydrogen-bond donors (Lipinski definition) is 1. The lowest BCUT2D eigenvalue weighted by molar-refractivity contribution is 0.222. The quantitative estimate of drug-likeness (QED) is 0.928. The van der Waals surface area contributed by atoms with Gasteiger partial charge in [0.2, 0.25) is 10.0 Å². The maximum Gasteiger partial charge on any atom is 0.243 e. The average Bonchev–Trinajstić information content (AvgIpc) is 2.37. The Balaban J connectivity index is 2.34. The molecule has 0 bridgehead atoms. The fourth-order valence-electron chi connectivity index (χ4n) is 2.82. The molecule has 0 aromatic heterocycles. The van der Waals surface area contributed by atoms with Crippen molar-refractivity contribution in [2.75, 3.05) is 13.1 Å². The lowest BCUT2D eigenvalue weighted by Crippen LogP contribution is -2.42. The van der Waals surface area contributed by atoms with Crippen molar-refractivity contribution in [2.45, 2.75) is 31.7 Å². The molecule has 4 nitrogen and oxygen atoms in total.